The number of hydrogen-bond acceptors (Lipinski definition) is 6. The van der Waals surface area contributed by atoms with Gasteiger partial charge >= 0.3 is 0 Å². The van der Waals surface area contributed by atoms with Gasteiger partial charge in [-0.15, -0.1) is 0 Å². The number of nitrogens with one attached hydrogen (secondary N) is 1. The molecule has 8 heteroatoms. The number of nitro groups is 1. The van der Waals surface area contributed by atoms with Crippen molar-refractivity contribution in [3.8, 4) is 5.75 Å². The smallest absolute Gasteiger partial charge is 0.285 e. The molecule has 0 bridgehead atoms. The first-order chi connectivity index (χ1) is 10.0. The maximum atomic E-state index is 12.1. The number of ether oxygens (including phenoxy) is 2. The SMILES string of the molecule is CCOc1cccc([N+](=O)[O-])c1C(=O)NCC(O)COC. The second-order valence-corrected chi connectivity index (χ2v) is 4.16. The van der Waals surface area contributed by atoms with Gasteiger partial charge in [-0.3, -0.25) is 14.9 Å². The van der Waals surface area contributed by atoms with Crippen molar-refractivity contribution in [2.75, 3.05) is 26.9 Å². The first-order valence-corrected chi connectivity index (χ1v) is 6.36. The number of carbonyl (C=O) groups excluding carboxylic acids is 1. The fourth-order valence-corrected chi connectivity index (χ4v) is 1.73. The van der Waals surface area contributed by atoms with Crippen LogP contribution in [0.3, 0.4) is 0 Å². The first-order valence-electron chi connectivity index (χ1n) is 6.36. The second kappa shape index (κ2) is 8.18. The number of rotatable bonds is 8. The zero-order valence-electron chi connectivity index (χ0n) is 11.9. The van der Waals surface area contributed by atoms with Crippen molar-refractivity contribution >= 4 is 11.6 Å². The average Bonchev–Trinajstić information content (AvgIpc) is 2.45. The van der Waals surface area contributed by atoms with Crippen LogP contribution in [-0.4, -0.2) is 48.9 Å². The molecule has 1 aromatic carbocycles. The molecule has 1 amide bonds. The topological polar surface area (TPSA) is 111 Å². The third-order valence-electron chi connectivity index (χ3n) is 2.59. The van der Waals surface area contributed by atoms with E-state index >= 15 is 0 Å². The Morgan fingerprint density at radius 2 is 2.24 bits per heavy atom. The number of aliphatic hydroxyl groups excluding tert-OH is 1. The fourth-order valence-electron chi connectivity index (χ4n) is 1.73. The third kappa shape index (κ3) is 4.69. The number of hydrogen-bond donors (Lipinski definition) is 2. The monoisotopic (exact) mass is 298 g/mol. The Morgan fingerprint density at radius 3 is 2.81 bits per heavy atom. The molecule has 1 unspecified atom stereocenters. The quantitative estimate of drug-likeness (QED) is 0.540. The van der Waals surface area contributed by atoms with Crippen LogP contribution in [0, 0.1) is 10.1 Å². The van der Waals surface area contributed by atoms with Crippen LogP contribution in [0.1, 0.15) is 17.3 Å². The summed E-state index contributed by atoms with van der Waals surface area (Å²) in [7, 11) is 1.42. The van der Waals surface area contributed by atoms with E-state index in [0.29, 0.717) is 0 Å². The van der Waals surface area contributed by atoms with Crippen molar-refractivity contribution in [3.63, 3.8) is 0 Å². The summed E-state index contributed by atoms with van der Waals surface area (Å²) in [6.45, 7) is 1.95. The van der Waals surface area contributed by atoms with E-state index in [1.807, 2.05) is 0 Å². The van der Waals surface area contributed by atoms with Gasteiger partial charge in [-0.25, -0.2) is 0 Å². The highest BCUT2D eigenvalue weighted by Gasteiger charge is 2.25. The number of amides is 1. The van der Waals surface area contributed by atoms with Crippen LogP contribution in [0.5, 0.6) is 5.75 Å². The average molecular weight is 298 g/mol. The Kier molecular flexibility index (Phi) is 6.57. The van der Waals surface area contributed by atoms with E-state index < -0.39 is 16.9 Å². The van der Waals surface area contributed by atoms with Gasteiger partial charge in [0.1, 0.15) is 5.75 Å². The summed E-state index contributed by atoms with van der Waals surface area (Å²) in [5, 5.41) is 22.9. The minimum atomic E-state index is -0.891. The molecule has 2 N–H and O–H groups in total. The molecule has 0 fully saturated rings. The van der Waals surface area contributed by atoms with Crippen molar-refractivity contribution in [1.29, 1.82) is 0 Å². The molecule has 1 atom stereocenters. The molecule has 0 aliphatic rings. The highest BCUT2D eigenvalue weighted by Crippen LogP contribution is 2.28. The highest BCUT2D eigenvalue weighted by atomic mass is 16.6. The van der Waals surface area contributed by atoms with E-state index in [2.05, 4.69) is 5.32 Å². The lowest BCUT2D eigenvalue weighted by Crippen LogP contribution is -2.34. The molecule has 116 valence electrons. The normalized spacial score (nSPS) is 11.8. The molecule has 0 spiro atoms. The molecule has 1 aromatic rings. The summed E-state index contributed by atoms with van der Waals surface area (Å²) in [5.41, 5.74) is -0.506. The largest absolute Gasteiger partial charge is 0.493 e. The lowest BCUT2D eigenvalue weighted by molar-refractivity contribution is -0.385. The number of methoxy groups -OCH3 is 1. The number of aliphatic hydroxyl groups is 1. The van der Waals surface area contributed by atoms with Crippen LogP contribution in [0.4, 0.5) is 5.69 Å². The Bertz CT molecular complexity index is 505. The van der Waals surface area contributed by atoms with Crippen LogP contribution < -0.4 is 10.1 Å². The van der Waals surface area contributed by atoms with Crippen molar-refractivity contribution in [2.24, 2.45) is 0 Å². The molecule has 0 aliphatic carbocycles. The number of carbonyl (C=O) groups is 1. The Hall–Kier alpha value is -2.19. The Balaban J connectivity index is 2.97. The zero-order valence-corrected chi connectivity index (χ0v) is 11.9. The molecule has 0 aromatic heterocycles. The summed E-state index contributed by atoms with van der Waals surface area (Å²) in [5.74, 6) is -0.550. The van der Waals surface area contributed by atoms with Crippen LogP contribution in [0.2, 0.25) is 0 Å². The van der Waals surface area contributed by atoms with E-state index in [1.54, 1.807) is 6.92 Å². The summed E-state index contributed by atoms with van der Waals surface area (Å²) in [6, 6.07) is 4.15. The Labute approximate surface area is 121 Å². The minimum Gasteiger partial charge on any atom is -0.493 e. The maximum Gasteiger partial charge on any atom is 0.285 e. The molecule has 21 heavy (non-hydrogen) atoms. The standard InChI is InChI=1S/C13H18N2O6/c1-3-21-11-6-4-5-10(15(18)19)12(11)13(17)14-7-9(16)8-20-2/h4-6,9,16H,3,7-8H2,1-2H3,(H,14,17). The number of nitrogens with zero attached hydrogens (tertiary/aromatic N) is 1. The molecule has 0 saturated heterocycles. The zero-order chi connectivity index (χ0) is 15.8. The van der Waals surface area contributed by atoms with E-state index in [1.165, 1.54) is 25.3 Å². The van der Waals surface area contributed by atoms with Gasteiger partial charge in [0.05, 0.1) is 24.2 Å². The van der Waals surface area contributed by atoms with Crippen molar-refractivity contribution in [3.05, 3.63) is 33.9 Å². The molecule has 1 rings (SSSR count). The third-order valence-corrected chi connectivity index (χ3v) is 2.59. The molecule has 8 nitrogen and oxygen atoms in total. The van der Waals surface area contributed by atoms with Crippen molar-refractivity contribution < 1.29 is 24.3 Å². The molecule has 0 aliphatic heterocycles. The number of nitro benzene ring substituents is 1. The van der Waals surface area contributed by atoms with Crippen LogP contribution in [0.15, 0.2) is 18.2 Å². The van der Waals surface area contributed by atoms with Gasteiger partial charge in [-0.1, -0.05) is 6.07 Å². The number of benzene rings is 1. The fraction of sp³-hybridized carbons (Fsp3) is 0.462. The molecule has 0 saturated carbocycles. The Morgan fingerprint density at radius 1 is 1.52 bits per heavy atom. The lowest BCUT2D eigenvalue weighted by Gasteiger charge is -2.13. The summed E-state index contributed by atoms with van der Waals surface area (Å²) >= 11 is 0. The van der Waals surface area contributed by atoms with E-state index in [-0.39, 0.29) is 36.8 Å². The highest BCUT2D eigenvalue weighted by molar-refractivity contribution is 6.00. The maximum absolute atomic E-state index is 12.1. The molecular weight excluding hydrogens is 280 g/mol. The van der Waals surface area contributed by atoms with Crippen LogP contribution in [-0.2, 0) is 4.74 Å². The first kappa shape index (κ1) is 16.9. The van der Waals surface area contributed by atoms with E-state index in [4.69, 9.17) is 9.47 Å². The van der Waals surface area contributed by atoms with Crippen molar-refractivity contribution in [2.45, 2.75) is 13.0 Å². The summed E-state index contributed by atoms with van der Waals surface area (Å²) < 4.78 is 9.98. The van der Waals surface area contributed by atoms with Crippen LogP contribution in [0.25, 0.3) is 0 Å². The van der Waals surface area contributed by atoms with E-state index in [0.717, 1.165) is 0 Å². The predicted molar refractivity (Wildman–Crippen MR) is 74.5 cm³/mol. The minimum absolute atomic E-state index is 0.0511. The van der Waals surface area contributed by atoms with Crippen molar-refractivity contribution in [1.82, 2.24) is 5.32 Å². The van der Waals surface area contributed by atoms with Gasteiger partial charge < -0.3 is 19.9 Å². The molecule has 0 heterocycles. The van der Waals surface area contributed by atoms with Gasteiger partial charge in [0, 0.05) is 19.7 Å². The molecule has 0 radical (unpaired) electrons. The van der Waals surface area contributed by atoms with Gasteiger partial charge in [-0.2, -0.15) is 0 Å². The van der Waals surface area contributed by atoms with Gasteiger partial charge in [0.25, 0.3) is 11.6 Å². The predicted octanol–water partition coefficient (Wildman–Crippen LogP) is 0.731. The van der Waals surface area contributed by atoms with Gasteiger partial charge in [0.15, 0.2) is 5.56 Å². The summed E-state index contributed by atoms with van der Waals surface area (Å²) in [4.78, 5) is 22.5. The lowest BCUT2D eigenvalue weighted by atomic mass is 10.1. The van der Waals surface area contributed by atoms with Gasteiger partial charge in [-0.05, 0) is 13.0 Å². The van der Waals surface area contributed by atoms with E-state index in [9.17, 15) is 20.0 Å². The molecular formula is C13H18N2O6. The second-order valence-electron chi connectivity index (χ2n) is 4.16. The van der Waals surface area contributed by atoms with Crippen LogP contribution >= 0.6 is 0 Å². The summed E-state index contributed by atoms with van der Waals surface area (Å²) in [6.07, 6.45) is -0.891. The van der Waals surface area contributed by atoms with Gasteiger partial charge in [0.2, 0.25) is 0 Å².